The van der Waals surface area contributed by atoms with Crippen LogP contribution < -0.4 is 10.2 Å². The number of hydroxylamine groups is 1. The van der Waals surface area contributed by atoms with Gasteiger partial charge in [-0.25, -0.2) is 0 Å². The molecule has 0 aliphatic carbocycles. The molecule has 1 atom stereocenters. The standard InChI is InChI=1S/C11H15NO2/c1-8-3-4-11-9(5-8)6-10(14-11)7-12-13-2/h3-5,10,12H,6-7H2,1-2H3. The minimum atomic E-state index is 0.201. The van der Waals surface area contributed by atoms with Crippen molar-refractivity contribution in [2.75, 3.05) is 13.7 Å². The molecule has 1 aromatic carbocycles. The first-order valence-corrected chi connectivity index (χ1v) is 4.81. The summed E-state index contributed by atoms with van der Waals surface area (Å²) >= 11 is 0. The van der Waals surface area contributed by atoms with E-state index in [1.807, 2.05) is 6.07 Å². The van der Waals surface area contributed by atoms with Gasteiger partial charge in [0.05, 0.1) is 13.7 Å². The summed E-state index contributed by atoms with van der Waals surface area (Å²) in [5.41, 5.74) is 5.40. The van der Waals surface area contributed by atoms with Gasteiger partial charge in [0.2, 0.25) is 0 Å². The number of aryl methyl sites for hydroxylation is 1. The lowest BCUT2D eigenvalue weighted by Crippen LogP contribution is -2.29. The van der Waals surface area contributed by atoms with Crippen molar-refractivity contribution < 1.29 is 9.57 Å². The molecule has 76 valence electrons. The SMILES string of the molecule is CONCC1Cc2cc(C)ccc2O1. The van der Waals surface area contributed by atoms with Crippen LogP contribution in [0.4, 0.5) is 0 Å². The lowest BCUT2D eigenvalue weighted by Gasteiger charge is -2.09. The number of hydrogen-bond acceptors (Lipinski definition) is 3. The molecule has 1 N–H and O–H groups in total. The van der Waals surface area contributed by atoms with E-state index < -0.39 is 0 Å². The Morgan fingerprint density at radius 2 is 2.43 bits per heavy atom. The molecule has 0 saturated carbocycles. The van der Waals surface area contributed by atoms with E-state index in [4.69, 9.17) is 9.57 Å². The van der Waals surface area contributed by atoms with Gasteiger partial charge in [-0.05, 0) is 18.6 Å². The molecule has 1 heterocycles. The maximum absolute atomic E-state index is 5.72. The Morgan fingerprint density at radius 3 is 3.21 bits per heavy atom. The second-order valence-electron chi connectivity index (χ2n) is 3.61. The summed E-state index contributed by atoms with van der Waals surface area (Å²) in [7, 11) is 1.62. The number of fused-ring (bicyclic) bond motifs is 1. The van der Waals surface area contributed by atoms with E-state index in [1.54, 1.807) is 7.11 Å². The predicted molar refractivity (Wildman–Crippen MR) is 54.3 cm³/mol. The molecule has 0 radical (unpaired) electrons. The summed E-state index contributed by atoms with van der Waals surface area (Å²) in [5, 5.41) is 0. The van der Waals surface area contributed by atoms with Crippen LogP contribution in [-0.2, 0) is 11.3 Å². The molecule has 0 fully saturated rings. The quantitative estimate of drug-likeness (QED) is 0.737. The molecule has 1 aliphatic heterocycles. The highest BCUT2D eigenvalue weighted by atomic mass is 16.6. The Balaban J connectivity index is 2.03. The van der Waals surface area contributed by atoms with Gasteiger partial charge >= 0.3 is 0 Å². The van der Waals surface area contributed by atoms with E-state index >= 15 is 0 Å². The lowest BCUT2D eigenvalue weighted by atomic mass is 10.1. The van der Waals surface area contributed by atoms with Crippen LogP contribution in [0.15, 0.2) is 18.2 Å². The van der Waals surface area contributed by atoms with Crippen LogP contribution in [0.2, 0.25) is 0 Å². The molecule has 3 nitrogen and oxygen atoms in total. The number of hydrogen-bond donors (Lipinski definition) is 1. The smallest absolute Gasteiger partial charge is 0.123 e. The zero-order valence-corrected chi connectivity index (χ0v) is 8.54. The molecule has 0 spiro atoms. The van der Waals surface area contributed by atoms with Crippen molar-refractivity contribution in [3.63, 3.8) is 0 Å². The Kier molecular flexibility index (Phi) is 2.70. The fraction of sp³-hybridized carbons (Fsp3) is 0.455. The Morgan fingerprint density at radius 1 is 1.57 bits per heavy atom. The molecule has 0 bridgehead atoms. The molecular formula is C11H15NO2. The summed E-state index contributed by atoms with van der Waals surface area (Å²) in [6.07, 6.45) is 1.17. The molecule has 0 saturated heterocycles. The zero-order chi connectivity index (χ0) is 9.97. The molecule has 1 aliphatic rings. The monoisotopic (exact) mass is 193 g/mol. The fourth-order valence-electron chi connectivity index (χ4n) is 1.74. The van der Waals surface area contributed by atoms with Gasteiger partial charge in [0.15, 0.2) is 0 Å². The average Bonchev–Trinajstić information content (AvgIpc) is 2.56. The number of nitrogens with one attached hydrogen (secondary N) is 1. The third kappa shape index (κ3) is 1.89. The molecule has 3 heteroatoms. The second kappa shape index (κ2) is 3.98. The lowest BCUT2D eigenvalue weighted by molar-refractivity contribution is 0.0634. The minimum Gasteiger partial charge on any atom is -0.488 e. The van der Waals surface area contributed by atoms with Crippen molar-refractivity contribution in [3.05, 3.63) is 29.3 Å². The van der Waals surface area contributed by atoms with Gasteiger partial charge in [-0.1, -0.05) is 17.7 Å². The second-order valence-corrected chi connectivity index (χ2v) is 3.61. The van der Waals surface area contributed by atoms with Crippen LogP contribution >= 0.6 is 0 Å². The van der Waals surface area contributed by atoms with Gasteiger partial charge in [0, 0.05) is 6.42 Å². The van der Waals surface area contributed by atoms with Crippen molar-refractivity contribution >= 4 is 0 Å². The molecule has 1 unspecified atom stereocenters. The first-order valence-electron chi connectivity index (χ1n) is 4.81. The average molecular weight is 193 g/mol. The summed E-state index contributed by atoms with van der Waals surface area (Å²) in [6, 6.07) is 6.30. The Hall–Kier alpha value is -1.06. The zero-order valence-electron chi connectivity index (χ0n) is 8.54. The van der Waals surface area contributed by atoms with Crippen molar-refractivity contribution in [2.24, 2.45) is 0 Å². The van der Waals surface area contributed by atoms with Crippen LogP contribution in [0.3, 0.4) is 0 Å². The van der Waals surface area contributed by atoms with E-state index in [-0.39, 0.29) is 6.10 Å². The largest absolute Gasteiger partial charge is 0.488 e. The Labute approximate surface area is 84.0 Å². The van der Waals surface area contributed by atoms with Crippen molar-refractivity contribution in [2.45, 2.75) is 19.4 Å². The maximum atomic E-state index is 5.72. The maximum Gasteiger partial charge on any atom is 0.123 e. The normalized spacial score (nSPS) is 19.1. The third-order valence-corrected chi connectivity index (χ3v) is 2.41. The molecule has 0 amide bonds. The summed E-state index contributed by atoms with van der Waals surface area (Å²) in [4.78, 5) is 4.80. The molecule has 0 aromatic heterocycles. The van der Waals surface area contributed by atoms with E-state index in [1.165, 1.54) is 11.1 Å². The van der Waals surface area contributed by atoms with Crippen molar-refractivity contribution in [3.8, 4) is 5.75 Å². The number of benzene rings is 1. The third-order valence-electron chi connectivity index (χ3n) is 2.41. The predicted octanol–water partition coefficient (Wildman–Crippen LogP) is 1.45. The van der Waals surface area contributed by atoms with E-state index in [9.17, 15) is 0 Å². The van der Waals surface area contributed by atoms with Crippen LogP contribution in [0.5, 0.6) is 5.75 Å². The first kappa shape index (κ1) is 9.49. The molecular weight excluding hydrogens is 178 g/mol. The van der Waals surface area contributed by atoms with Crippen LogP contribution in [0.1, 0.15) is 11.1 Å². The van der Waals surface area contributed by atoms with Gasteiger partial charge < -0.3 is 9.57 Å². The Bertz CT molecular complexity index is 325. The van der Waals surface area contributed by atoms with E-state index in [0.717, 1.165) is 18.7 Å². The van der Waals surface area contributed by atoms with E-state index in [2.05, 4.69) is 24.5 Å². The van der Waals surface area contributed by atoms with Gasteiger partial charge in [-0.3, -0.25) is 0 Å². The number of ether oxygens (including phenoxy) is 1. The van der Waals surface area contributed by atoms with Crippen molar-refractivity contribution in [1.29, 1.82) is 0 Å². The summed E-state index contributed by atoms with van der Waals surface area (Å²) in [6.45, 7) is 2.82. The van der Waals surface area contributed by atoms with E-state index in [0.29, 0.717) is 0 Å². The van der Waals surface area contributed by atoms with Crippen LogP contribution in [-0.4, -0.2) is 19.8 Å². The number of rotatable bonds is 3. The minimum absolute atomic E-state index is 0.201. The molecule has 2 rings (SSSR count). The van der Waals surface area contributed by atoms with Crippen molar-refractivity contribution in [1.82, 2.24) is 5.48 Å². The van der Waals surface area contributed by atoms with Crippen LogP contribution in [0, 0.1) is 6.92 Å². The highest BCUT2D eigenvalue weighted by Crippen LogP contribution is 2.29. The van der Waals surface area contributed by atoms with Gasteiger partial charge in [0.25, 0.3) is 0 Å². The fourth-order valence-corrected chi connectivity index (χ4v) is 1.74. The van der Waals surface area contributed by atoms with Gasteiger partial charge in [-0.15, -0.1) is 0 Å². The van der Waals surface area contributed by atoms with Gasteiger partial charge in [0.1, 0.15) is 11.9 Å². The first-order chi connectivity index (χ1) is 6.79. The molecule has 1 aromatic rings. The summed E-state index contributed by atoms with van der Waals surface area (Å²) < 4.78 is 5.72. The highest BCUT2D eigenvalue weighted by molar-refractivity contribution is 5.40. The molecule has 14 heavy (non-hydrogen) atoms. The van der Waals surface area contributed by atoms with Crippen LogP contribution in [0.25, 0.3) is 0 Å². The van der Waals surface area contributed by atoms with Gasteiger partial charge in [-0.2, -0.15) is 5.48 Å². The summed E-state index contributed by atoms with van der Waals surface area (Å²) in [5.74, 6) is 1.01. The topological polar surface area (TPSA) is 30.5 Å². The highest BCUT2D eigenvalue weighted by Gasteiger charge is 2.22.